The maximum Gasteiger partial charge on any atom is -0.0342 e. The van der Waals surface area contributed by atoms with Crippen LogP contribution in [0.4, 0.5) is 0 Å². The average molecular weight is 184 g/mol. The number of hydrogen-bond acceptors (Lipinski definition) is 0. The Hall–Kier alpha value is 0. The zero-order valence-corrected chi connectivity index (χ0v) is 10.5. The molecular formula is C13H28. The van der Waals surface area contributed by atoms with Gasteiger partial charge in [-0.15, -0.1) is 0 Å². The molecule has 0 aromatic heterocycles. The highest BCUT2D eigenvalue weighted by Crippen LogP contribution is 2.36. The summed E-state index contributed by atoms with van der Waals surface area (Å²) in [4.78, 5) is 0. The molecule has 0 aliphatic carbocycles. The SMILES string of the molecule is CCCCC(C)C(CC)C(C)(C)C. The van der Waals surface area contributed by atoms with Crippen LogP contribution in [0.3, 0.4) is 0 Å². The number of unbranched alkanes of at least 4 members (excludes halogenated alkanes) is 1. The van der Waals surface area contributed by atoms with Crippen LogP contribution in [0, 0.1) is 17.3 Å². The monoisotopic (exact) mass is 184 g/mol. The van der Waals surface area contributed by atoms with Crippen molar-refractivity contribution >= 4 is 0 Å². The van der Waals surface area contributed by atoms with E-state index in [4.69, 9.17) is 0 Å². The summed E-state index contributed by atoms with van der Waals surface area (Å²) < 4.78 is 0. The lowest BCUT2D eigenvalue weighted by Crippen LogP contribution is -2.26. The molecule has 80 valence electrons. The smallest absolute Gasteiger partial charge is 0.0342 e. The van der Waals surface area contributed by atoms with Gasteiger partial charge in [-0.3, -0.25) is 0 Å². The van der Waals surface area contributed by atoms with Gasteiger partial charge in [0.15, 0.2) is 0 Å². The summed E-state index contributed by atoms with van der Waals surface area (Å²) in [6.45, 7) is 14.2. The Kier molecular flexibility index (Phi) is 5.67. The second-order valence-corrected chi connectivity index (χ2v) is 5.50. The molecule has 0 amide bonds. The van der Waals surface area contributed by atoms with Crippen molar-refractivity contribution in [2.45, 2.75) is 67.2 Å². The lowest BCUT2D eigenvalue weighted by molar-refractivity contribution is 0.153. The maximum atomic E-state index is 2.43. The van der Waals surface area contributed by atoms with Crippen molar-refractivity contribution in [3.8, 4) is 0 Å². The van der Waals surface area contributed by atoms with Gasteiger partial charge < -0.3 is 0 Å². The van der Waals surface area contributed by atoms with Crippen LogP contribution in [0.25, 0.3) is 0 Å². The van der Waals surface area contributed by atoms with Crippen molar-refractivity contribution in [2.75, 3.05) is 0 Å². The standard InChI is InChI=1S/C13H28/c1-7-9-10-11(3)12(8-2)13(4,5)6/h11-12H,7-10H2,1-6H3. The summed E-state index contributed by atoms with van der Waals surface area (Å²) in [5.74, 6) is 1.78. The van der Waals surface area contributed by atoms with Crippen LogP contribution in [0.5, 0.6) is 0 Å². The fraction of sp³-hybridized carbons (Fsp3) is 1.00. The molecule has 0 saturated carbocycles. The summed E-state index contributed by atoms with van der Waals surface area (Å²) in [6.07, 6.45) is 5.47. The minimum atomic E-state index is 0.488. The Morgan fingerprint density at radius 3 is 1.92 bits per heavy atom. The Labute approximate surface area is 85.1 Å². The highest BCUT2D eigenvalue weighted by atomic mass is 14.3. The largest absolute Gasteiger partial charge is 0.0654 e. The molecule has 2 unspecified atom stereocenters. The summed E-state index contributed by atoms with van der Waals surface area (Å²) in [5, 5.41) is 0. The van der Waals surface area contributed by atoms with Gasteiger partial charge in [-0.2, -0.15) is 0 Å². The first-order valence-electron chi connectivity index (χ1n) is 5.93. The van der Waals surface area contributed by atoms with E-state index < -0.39 is 0 Å². The van der Waals surface area contributed by atoms with Gasteiger partial charge in [0.1, 0.15) is 0 Å². The van der Waals surface area contributed by atoms with E-state index in [1.54, 1.807) is 0 Å². The fourth-order valence-electron chi connectivity index (χ4n) is 2.60. The third-order valence-electron chi connectivity index (χ3n) is 3.25. The zero-order valence-electron chi connectivity index (χ0n) is 10.5. The molecule has 0 radical (unpaired) electrons. The molecule has 0 rings (SSSR count). The third-order valence-corrected chi connectivity index (χ3v) is 3.25. The summed E-state index contributed by atoms with van der Waals surface area (Å²) in [7, 11) is 0. The van der Waals surface area contributed by atoms with Crippen molar-refractivity contribution in [3.63, 3.8) is 0 Å². The van der Waals surface area contributed by atoms with E-state index >= 15 is 0 Å². The van der Waals surface area contributed by atoms with Crippen LogP contribution in [-0.2, 0) is 0 Å². The maximum absolute atomic E-state index is 2.43. The summed E-state index contributed by atoms with van der Waals surface area (Å²) in [6, 6.07) is 0. The molecule has 0 heterocycles. The van der Waals surface area contributed by atoms with Gasteiger partial charge in [-0.25, -0.2) is 0 Å². The first kappa shape index (κ1) is 13.0. The van der Waals surface area contributed by atoms with Crippen molar-refractivity contribution in [1.82, 2.24) is 0 Å². The van der Waals surface area contributed by atoms with Gasteiger partial charge in [-0.1, -0.05) is 67.2 Å². The van der Waals surface area contributed by atoms with Crippen LogP contribution < -0.4 is 0 Å². The van der Waals surface area contributed by atoms with E-state index in [-0.39, 0.29) is 0 Å². The van der Waals surface area contributed by atoms with Gasteiger partial charge in [-0.05, 0) is 17.3 Å². The van der Waals surface area contributed by atoms with Crippen LogP contribution in [0.15, 0.2) is 0 Å². The van der Waals surface area contributed by atoms with E-state index in [0.29, 0.717) is 5.41 Å². The molecule has 0 bridgehead atoms. The molecule has 2 atom stereocenters. The fourth-order valence-corrected chi connectivity index (χ4v) is 2.60. The quantitative estimate of drug-likeness (QED) is 0.571. The van der Waals surface area contributed by atoms with Crippen LogP contribution in [0.1, 0.15) is 67.2 Å². The molecule has 0 N–H and O–H groups in total. The Balaban J connectivity index is 4.07. The second-order valence-electron chi connectivity index (χ2n) is 5.50. The Morgan fingerprint density at radius 2 is 1.62 bits per heavy atom. The molecule has 0 fully saturated rings. The van der Waals surface area contributed by atoms with Crippen molar-refractivity contribution in [3.05, 3.63) is 0 Å². The summed E-state index contributed by atoms with van der Waals surface area (Å²) >= 11 is 0. The molecule has 0 spiro atoms. The Bertz CT molecular complexity index is 118. The highest BCUT2D eigenvalue weighted by molar-refractivity contribution is 4.77. The topological polar surface area (TPSA) is 0 Å². The molecule has 0 aliphatic heterocycles. The van der Waals surface area contributed by atoms with E-state index in [0.717, 1.165) is 11.8 Å². The predicted octanol–water partition coefficient (Wildman–Crippen LogP) is 4.89. The average Bonchev–Trinajstić information content (AvgIpc) is 1.99. The van der Waals surface area contributed by atoms with Crippen molar-refractivity contribution < 1.29 is 0 Å². The molecule has 0 heteroatoms. The van der Waals surface area contributed by atoms with Crippen LogP contribution >= 0.6 is 0 Å². The first-order chi connectivity index (χ1) is 5.93. The number of rotatable bonds is 5. The van der Waals surface area contributed by atoms with Crippen molar-refractivity contribution in [1.29, 1.82) is 0 Å². The van der Waals surface area contributed by atoms with Gasteiger partial charge in [0.05, 0.1) is 0 Å². The lowest BCUT2D eigenvalue weighted by atomic mass is 9.71. The van der Waals surface area contributed by atoms with Crippen LogP contribution in [-0.4, -0.2) is 0 Å². The lowest BCUT2D eigenvalue weighted by Gasteiger charge is -2.35. The minimum absolute atomic E-state index is 0.488. The van der Waals surface area contributed by atoms with Gasteiger partial charge in [0.2, 0.25) is 0 Å². The van der Waals surface area contributed by atoms with E-state index in [2.05, 4.69) is 41.5 Å². The Morgan fingerprint density at radius 1 is 1.08 bits per heavy atom. The van der Waals surface area contributed by atoms with Gasteiger partial charge in [0, 0.05) is 0 Å². The molecular weight excluding hydrogens is 156 g/mol. The molecule has 0 aliphatic rings. The predicted molar refractivity (Wildman–Crippen MR) is 61.9 cm³/mol. The molecule has 0 aromatic rings. The van der Waals surface area contributed by atoms with Gasteiger partial charge >= 0.3 is 0 Å². The zero-order chi connectivity index (χ0) is 10.5. The van der Waals surface area contributed by atoms with E-state index in [1.807, 2.05) is 0 Å². The van der Waals surface area contributed by atoms with Crippen LogP contribution in [0.2, 0.25) is 0 Å². The van der Waals surface area contributed by atoms with E-state index in [1.165, 1.54) is 25.7 Å². The van der Waals surface area contributed by atoms with Crippen molar-refractivity contribution in [2.24, 2.45) is 17.3 Å². The molecule has 0 nitrogen and oxygen atoms in total. The third kappa shape index (κ3) is 4.69. The normalized spacial score (nSPS) is 17.1. The number of hydrogen-bond donors (Lipinski definition) is 0. The molecule has 0 saturated heterocycles. The summed E-state index contributed by atoms with van der Waals surface area (Å²) in [5.41, 5.74) is 0.488. The highest BCUT2D eigenvalue weighted by Gasteiger charge is 2.27. The molecule has 0 aromatic carbocycles. The van der Waals surface area contributed by atoms with Gasteiger partial charge in [0.25, 0.3) is 0 Å². The first-order valence-corrected chi connectivity index (χ1v) is 5.93. The second kappa shape index (κ2) is 5.67. The molecule has 13 heavy (non-hydrogen) atoms. The van der Waals surface area contributed by atoms with E-state index in [9.17, 15) is 0 Å². The minimum Gasteiger partial charge on any atom is -0.0654 e.